The van der Waals surface area contributed by atoms with Crippen LogP contribution in [0.5, 0.6) is 0 Å². The standard InChI is InChI=1S/C13H25NO3/c1-13(2,3)17-12(15)11(8-14)7-10-5-4-6-16-9-10/h10-11H,4-9,14H2,1-3H3. The van der Waals surface area contributed by atoms with E-state index in [0.717, 1.165) is 32.5 Å². The van der Waals surface area contributed by atoms with E-state index in [9.17, 15) is 4.79 Å². The molecule has 1 heterocycles. The molecule has 0 spiro atoms. The summed E-state index contributed by atoms with van der Waals surface area (Å²) >= 11 is 0. The van der Waals surface area contributed by atoms with E-state index in [-0.39, 0.29) is 11.9 Å². The highest BCUT2D eigenvalue weighted by atomic mass is 16.6. The van der Waals surface area contributed by atoms with Crippen LogP contribution in [-0.2, 0) is 14.3 Å². The molecule has 1 fully saturated rings. The molecule has 0 radical (unpaired) electrons. The molecule has 2 unspecified atom stereocenters. The third-order valence-electron chi connectivity index (χ3n) is 2.90. The number of hydrogen-bond acceptors (Lipinski definition) is 4. The number of hydrogen-bond donors (Lipinski definition) is 1. The molecule has 0 amide bonds. The molecule has 100 valence electrons. The van der Waals surface area contributed by atoms with Crippen molar-refractivity contribution in [3.63, 3.8) is 0 Å². The third kappa shape index (κ3) is 5.50. The van der Waals surface area contributed by atoms with E-state index in [1.165, 1.54) is 0 Å². The van der Waals surface area contributed by atoms with Crippen LogP contribution >= 0.6 is 0 Å². The lowest BCUT2D eigenvalue weighted by Gasteiger charge is -2.27. The smallest absolute Gasteiger partial charge is 0.310 e. The number of carbonyl (C=O) groups is 1. The fourth-order valence-corrected chi connectivity index (χ4v) is 2.07. The maximum atomic E-state index is 11.9. The monoisotopic (exact) mass is 243 g/mol. The van der Waals surface area contributed by atoms with Gasteiger partial charge in [0.05, 0.1) is 5.92 Å². The van der Waals surface area contributed by atoms with Crippen molar-refractivity contribution in [3.8, 4) is 0 Å². The van der Waals surface area contributed by atoms with Gasteiger partial charge in [-0.2, -0.15) is 0 Å². The van der Waals surface area contributed by atoms with Crippen molar-refractivity contribution >= 4 is 5.97 Å². The maximum Gasteiger partial charge on any atom is 0.310 e. The Hall–Kier alpha value is -0.610. The number of esters is 1. The van der Waals surface area contributed by atoms with Crippen LogP contribution in [-0.4, -0.2) is 31.3 Å². The molecule has 2 atom stereocenters. The molecular formula is C13H25NO3. The zero-order valence-electron chi connectivity index (χ0n) is 11.2. The van der Waals surface area contributed by atoms with Gasteiger partial charge in [0.15, 0.2) is 0 Å². The summed E-state index contributed by atoms with van der Waals surface area (Å²) in [5.41, 5.74) is 5.23. The molecule has 0 bridgehead atoms. The van der Waals surface area contributed by atoms with E-state index in [4.69, 9.17) is 15.2 Å². The third-order valence-corrected chi connectivity index (χ3v) is 2.90. The van der Waals surface area contributed by atoms with Crippen LogP contribution in [0.4, 0.5) is 0 Å². The SMILES string of the molecule is CC(C)(C)OC(=O)C(CN)CC1CCCOC1. The van der Waals surface area contributed by atoms with E-state index >= 15 is 0 Å². The van der Waals surface area contributed by atoms with Crippen LogP contribution in [0.1, 0.15) is 40.0 Å². The molecular weight excluding hydrogens is 218 g/mol. The number of nitrogens with two attached hydrogens (primary N) is 1. The van der Waals surface area contributed by atoms with Crippen molar-refractivity contribution in [3.05, 3.63) is 0 Å². The van der Waals surface area contributed by atoms with Crippen LogP contribution in [0.3, 0.4) is 0 Å². The topological polar surface area (TPSA) is 61.5 Å². The van der Waals surface area contributed by atoms with Crippen molar-refractivity contribution in [2.75, 3.05) is 19.8 Å². The summed E-state index contributed by atoms with van der Waals surface area (Å²) in [6, 6.07) is 0. The van der Waals surface area contributed by atoms with E-state index in [1.807, 2.05) is 20.8 Å². The molecule has 1 rings (SSSR count). The molecule has 4 nitrogen and oxygen atoms in total. The molecule has 1 aliphatic rings. The Morgan fingerprint density at radius 3 is 2.71 bits per heavy atom. The minimum absolute atomic E-state index is 0.175. The molecule has 0 saturated carbocycles. The van der Waals surface area contributed by atoms with E-state index in [2.05, 4.69) is 0 Å². The summed E-state index contributed by atoms with van der Waals surface area (Å²) in [4.78, 5) is 11.9. The Balaban J connectivity index is 2.43. The van der Waals surface area contributed by atoms with Crippen LogP contribution in [0, 0.1) is 11.8 Å². The first-order valence-electron chi connectivity index (χ1n) is 6.43. The Morgan fingerprint density at radius 2 is 2.24 bits per heavy atom. The summed E-state index contributed by atoms with van der Waals surface area (Å²) in [5.74, 6) is 0.0799. The van der Waals surface area contributed by atoms with Gasteiger partial charge >= 0.3 is 5.97 Å². The normalized spacial score (nSPS) is 23.2. The van der Waals surface area contributed by atoms with Crippen molar-refractivity contribution in [1.29, 1.82) is 0 Å². The molecule has 4 heteroatoms. The Labute approximate surface area is 104 Å². The summed E-state index contributed by atoms with van der Waals surface area (Å²) in [7, 11) is 0. The second kappa shape index (κ2) is 6.36. The van der Waals surface area contributed by atoms with Crippen molar-refractivity contribution in [1.82, 2.24) is 0 Å². The molecule has 17 heavy (non-hydrogen) atoms. The maximum absolute atomic E-state index is 11.9. The lowest BCUT2D eigenvalue weighted by molar-refractivity contribution is -0.160. The van der Waals surface area contributed by atoms with Gasteiger partial charge in [-0.3, -0.25) is 4.79 Å². The molecule has 0 aromatic carbocycles. The number of carbonyl (C=O) groups excluding carboxylic acids is 1. The molecule has 1 saturated heterocycles. The quantitative estimate of drug-likeness (QED) is 0.764. The second-order valence-electron chi connectivity index (χ2n) is 5.78. The summed E-state index contributed by atoms with van der Waals surface area (Å²) < 4.78 is 10.8. The highest BCUT2D eigenvalue weighted by molar-refractivity contribution is 5.73. The summed E-state index contributed by atoms with van der Waals surface area (Å²) in [6.07, 6.45) is 2.99. The fraction of sp³-hybridized carbons (Fsp3) is 0.923. The molecule has 0 aromatic heterocycles. The van der Waals surface area contributed by atoms with E-state index in [0.29, 0.717) is 12.5 Å². The lowest BCUT2D eigenvalue weighted by atomic mass is 9.90. The van der Waals surface area contributed by atoms with E-state index in [1.54, 1.807) is 0 Å². The minimum Gasteiger partial charge on any atom is -0.460 e. The molecule has 2 N–H and O–H groups in total. The summed E-state index contributed by atoms with van der Waals surface area (Å²) in [6.45, 7) is 7.58. The average Bonchev–Trinajstić information content (AvgIpc) is 2.24. The van der Waals surface area contributed by atoms with Gasteiger partial charge in [0.1, 0.15) is 5.60 Å². The average molecular weight is 243 g/mol. The first kappa shape index (κ1) is 14.5. The van der Waals surface area contributed by atoms with Gasteiger partial charge in [0.25, 0.3) is 0 Å². The molecule has 0 aliphatic carbocycles. The fourth-order valence-electron chi connectivity index (χ4n) is 2.07. The Morgan fingerprint density at radius 1 is 1.53 bits per heavy atom. The van der Waals surface area contributed by atoms with Crippen LogP contribution in [0.25, 0.3) is 0 Å². The number of rotatable bonds is 4. The van der Waals surface area contributed by atoms with Crippen LogP contribution in [0.15, 0.2) is 0 Å². The van der Waals surface area contributed by atoms with Gasteiger partial charge in [-0.25, -0.2) is 0 Å². The first-order chi connectivity index (χ1) is 7.92. The predicted molar refractivity (Wildman–Crippen MR) is 66.5 cm³/mol. The van der Waals surface area contributed by atoms with Crippen LogP contribution < -0.4 is 5.73 Å². The van der Waals surface area contributed by atoms with Gasteiger partial charge in [-0.15, -0.1) is 0 Å². The minimum atomic E-state index is -0.437. The van der Waals surface area contributed by atoms with Crippen molar-refractivity contribution in [2.24, 2.45) is 17.6 Å². The zero-order valence-corrected chi connectivity index (χ0v) is 11.2. The van der Waals surface area contributed by atoms with Crippen molar-refractivity contribution < 1.29 is 14.3 Å². The van der Waals surface area contributed by atoms with Crippen LogP contribution in [0.2, 0.25) is 0 Å². The molecule has 0 aromatic rings. The van der Waals surface area contributed by atoms with Gasteiger partial charge in [0.2, 0.25) is 0 Å². The van der Waals surface area contributed by atoms with Gasteiger partial charge in [-0.1, -0.05) is 0 Å². The van der Waals surface area contributed by atoms with Gasteiger partial charge in [0, 0.05) is 19.8 Å². The summed E-state index contributed by atoms with van der Waals surface area (Å²) in [5, 5.41) is 0. The van der Waals surface area contributed by atoms with E-state index < -0.39 is 5.60 Å². The highest BCUT2D eigenvalue weighted by Crippen LogP contribution is 2.23. The second-order valence-corrected chi connectivity index (χ2v) is 5.78. The number of ether oxygens (including phenoxy) is 2. The zero-order chi connectivity index (χ0) is 12.9. The van der Waals surface area contributed by atoms with Gasteiger partial charge in [-0.05, 0) is 46.0 Å². The predicted octanol–water partition coefficient (Wildman–Crippen LogP) is 1.72. The largest absolute Gasteiger partial charge is 0.460 e. The lowest BCUT2D eigenvalue weighted by Crippen LogP contribution is -2.34. The van der Waals surface area contributed by atoms with Gasteiger partial charge < -0.3 is 15.2 Å². The first-order valence-corrected chi connectivity index (χ1v) is 6.43. The highest BCUT2D eigenvalue weighted by Gasteiger charge is 2.27. The van der Waals surface area contributed by atoms with Crippen molar-refractivity contribution in [2.45, 2.75) is 45.6 Å². The Kier molecular flexibility index (Phi) is 5.40. The molecule has 1 aliphatic heterocycles. The Bertz CT molecular complexity index is 242.